The van der Waals surface area contributed by atoms with E-state index in [2.05, 4.69) is 12.2 Å². The molecule has 1 N–H and O–H groups in total. The van der Waals surface area contributed by atoms with Gasteiger partial charge in [-0.1, -0.05) is 62.8 Å². The second-order valence-electron chi connectivity index (χ2n) is 5.69. The minimum Gasteiger partial charge on any atom is -0.460 e. The predicted molar refractivity (Wildman–Crippen MR) is 94.2 cm³/mol. The fourth-order valence-corrected chi connectivity index (χ4v) is 2.75. The molecule has 1 aromatic heterocycles. The first-order valence-electron chi connectivity index (χ1n) is 8.35. The zero-order valence-corrected chi connectivity index (χ0v) is 14.2. The van der Waals surface area contributed by atoms with E-state index in [0.717, 1.165) is 35.2 Å². The fourth-order valence-electron chi connectivity index (χ4n) is 2.52. The van der Waals surface area contributed by atoms with Crippen LogP contribution in [0.5, 0.6) is 0 Å². The van der Waals surface area contributed by atoms with Gasteiger partial charge in [-0.3, -0.25) is 0 Å². The van der Waals surface area contributed by atoms with Gasteiger partial charge in [-0.2, -0.15) is 0 Å². The molecule has 2 rings (SSSR count). The fraction of sp³-hybridized carbons (Fsp3) is 0.474. The average molecular weight is 320 g/mol. The number of furan rings is 1. The van der Waals surface area contributed by atoms with E-state index >= 15 is 0 Å². The Hall–Kier alpha value is -1.25. The monoisotopic (exact) mass is 319 g/mol. The summed E-state index contributed by atoms with van der Waals surface area (Å²) in [7, 11) is 0. The Morgan fingerprint density at radius 1 is 0.955 bits per heavy atom. The molecule has 0 spiro atoms. The van der Waals surface area contributed by atoms with Crippen molar-refractivity contribution in [3.63, 3.8) is 0 Å². The molecule has 0 atom stereocenters. The molecule has 120 valence electrons. The highest BCUT2D eigenvalue weighted by Gasteiger charge is 2.07. The van der Waals surface area contributed by atoms with Crippen LogP contribution in [-0.4, -0.2) is 6.54 Å². The molecule has 1 aromatic carbocycles. The minimum absolute atomic E-state index is 0.725. The predicted octanol–water partition coefficient (Wildman–Crippen LogP) is 6.05. The third-order valence-corrected chi connectivity index (χ3v) is 4.14. The first-order valence-corrected chi connectivity index (χ1v) is 8.73. The van der Waals surface area contributed by atoms with E-state index in [1.165, 1.54) is 38.5 Å². The molecule has 0 radical (unpaired) electrons. The number of hydrogen-bond acceptors (Lipinski definition) is 2. The lowest BCUT2D eigenvalue weighted by Crippen LogP contribution is -2.14. The van der Waals surface area contributed by atoms with Gasteiger partial charge in [0.1, 0.15) is 11.5 Å². The van der Waals surface area contributed by atoms with Crippen LogP contribution in [0.15, 0.2) is 40.8 Å². The van der Waals surface area contributed by atoms with Crippen LogP contribution < -0.4 is 5.32 Å². The lowest BCUT2D eigenvalue weighted by molar-refractivity contribution is 0.485. The van der Waals surface area contributed by atoms with Gasteiger partial charge in [-0.15, -0.1) is 0 Å². The molecule has 0 saturated heterocycles. The van der Waals surface area contributed by atoms with Gasteiger partial charge in [-0.25, -0.2) is 0 Å². The van der Waals surface area contributed by atoms with Crippen molar-refractivity contribution in [1.82, 2.24) is 5.32 Å². The van der Waals surface area contributed by atoms with E-state index in [1.807, 2.05) is 36.4 Å². The van der Waals surface area contributed by atoms with Crippen LogP contribution in [0.1, 0.15) is 51.2 Å². The highest BCUT2D eigenvalue weighted by Crippen LogP contribution is 2.28. The first kappa shape index (κ1) is 17.1. The Morgan fingerprint density at radius 2 is 1.73 bits per heavy atom. The van der Waals surface area contributed by atoms with Gasteiger partial charge in [0.25, 0.3) is 0 Å². The molecule has 2 nitrogen and oxygen atoms in total. The van der Waals surface area contributed by atoms with Crippen molar-refractivity contribution in [2.75, 3.05) is 6.54 Å². The molecule has 1 heterocycles. The molecule has 22 heavy (non-hydrogen) atoms. The molecule has 0 aliphatic carbocycles. The number of unbranched alkanes of at least 4 members (excludes halogenated alkanes) is 5. The van der Waals surface area contributed by atoms with Crippen LogP contribution >= 0.6 is 11.6 Å². The summed E-state index contributed by atoms with van der Waals surface area (Å²) in [6.45, 7) is 4.08. The minimum atomic E-state index is 0.725. The zero-order chi connectivity index (χ0) is 15.6. The average Bonchev–Trinajstić information content (AvgIpc) is 2.99. The number of rotatable bonds is 10. The maximum atomic E-state index is 6.19. The first-order chi connectivity index (χ1) is 10.8. The molecule has 0 fully saturated rings. The third kappa shape index (κ3) is 5.51. The second-order valence-corrected chi connectivity index (χ2v) is 6.10. The summed E-state index contributed by atoms with van der Waals surface area (Å²) in [5.41, 5.74) is 0.950. The van der Waals surface area contributed by atoms with Crippen LogP contribution in [0, 0.1) is 0 Å². The van der Waals surface area contributed by atoms with Gasteiger partial charge in [-0.05, 0) is 37.2 Å². The molecule has 2 aromatic rings. The lowest BCUT2D eigenvalue weighted by Gasteiger charge is -2.03. The standard InChI is InChI=1S/C19H26ClNO/c1-2-3-4-5-6-9-14-21-15-16-12-13-19(22-16)17-10-7-8-11-18(17)20/h7-8,10-13,21H,2-6,9,14-15H2,1H3. The van der Waals surface area contributed by atoms with Gasteiger partial charge in [0.05, 0.1) is 11.6 Å². The van der Waals surface area contributed by atoms with Crippen LogP contribution in [0.4, 0.5) is 0 Å². The number of hydrogen-bond donors (Lipinski definition) is 1. The van der Waals surface area contributed by atoms with Crippen LogP contribution in [-0.2, 0) is 6.54 Å². The normalized spacial score (nSPS) is 11.0. The SMILES string of the molecule is CCCCCCCCNCc1ccc(-c2ccccc2Cl)o1. The summed E-state index contributed by atoms with van der Waals surface area (Å²) in [4.78, 5) is 0. The van der Waals surface area contributed by atoms with E-state index in [9.17, 15) is 0 Å². The van der Waals surface area contributed by atoms with Crippen molar-refractivity contribution >= 4 is 11.6 Å². The van der Waals surface area contributed by atoms with Crippen molar-refractivity contribution in [2.45, 2.75) is 52.0 Å². The van der Waals surface area contributed by atoms with E-state index in [-0.39, 0.29) is 0 Å². The molecular formula is C19H26ClNO. The summed E-state index contributed by atoms with van der Waals surface area (Å²) < 4.78 is 5.86. The largest absolute Gasteiger partial charge is 0.460 e. The molecule has 0 aliphatic heterocycles. The van der Waals surface area contributed by atoms with E-state index < -0.39 is 0 Å². The van der Waals surface area contributed by atoms with Gasteiger partial charge in [0.2, 0.25) is 0 Å². The Morgan fingerprint density at radius 3 is 2.55 bits per heavy atom. The smallest absolute Gasteiger partial charge is 0.135 e. The molecule has 0 amide bonds. The molecular weight excluding hydrogens is 294 g/mol. The van der Waals surface area contributed by atoms with E-state index in [0.29, 0.717) is 0 Å². The van der Waals surface area contributed by atoms with Gasteiger partial charge in [0.15, 0.2) is 0 Å². The molecule has 3 heteroatoms. The zero-order valence-electron chi connectivity index (χ0n) is 13.4. The highest BCUT2D eigenvalue weighted by atomic mass is 35.5. The topological polar surface area (TPSA) is 25.2 Å². The van der Waals surface area contributed by atoms with E-state index in [1.54, 1.807) is 0 Å². The van der Waals surface area contributed by atoms with Crippen LogP contribution in [0.2, 0.25) is 5.02 Å². The number of benzene rings is 1. The summed E-state index contributed by atoms with van der Waals surface area (Å²) in [6.07, 6.45) is 7.95. The molecule has 0 aliphatic rings. The Bertz CT molecular complexity index is 550. The summed E-state index contributed by atoms with van der Waals surface area (Å²) in [5, 5.41) is 4.17. The molecule has 0 unspecified atom stereocenters. The summed E-state index contributed by atoms with van der Waals surface area (Å²) in [6, 6.07) is 11.8. The van der Waals surface area contributed by atoms with Crippen molar-refractivity contribution in [2.24, 2.45) is 0 Å². The number of nitrogens with one attached hydrogen (secondary N) is 1. The van der Waals surface area contributed by atoms with Crippen molar-refractivity contribution in [1.29, 1.82) is 0 Å². The third-order valence-electron chi connectivity index (χ3n) is 3.81. The van der Waals surface area contributed by atoms with Crippen LogP contribution in [0.25, 0.3) is 11.3 Å². The van der Waals surface area contributed by atoms with Crippen LogP contribution in [0.3, 0.4) is 0 Å². The Kier molecular flexibility index (Phi) is 7.55. The lowest BCUT2D eigenvalue weighted by atomic mass is 10.1. The second kappa shape index (κ2) is 9.70. The summed E-state index contributed by atoms with van der Waals surface area (Å²) >= 11 is 6.19. The Balaban J connectivity index is 1.69. The summed E-state index contributed by atoms with van der Waals surface area (Å²) in [5.74, 6) is 1.79. The number of halogens is 1. The maximum Gasteiger partial charge on any atom is 0.135 e. The maximum absolute atomic E-state index is 6.19. The molecule has 0 bridgehead atoms. The Labute approximate surface area is 138 Å². The van der Waals surface area contributed by atoms with Crippen molar-refractivity contribution in [3.8, 4) is 11.3 Å². The van der Waals surface area contributed by atoms with Crippen molar-refractivity contribution < 1.29 is 4.42 Å². The van der Waals surface area contributed by atoms with Gasteiger partial charge in [0, 0.05) is 5.56 Å². The quantitative estimate of drug-likeness (QED) is 0.539. The van der Waals surface area contributed by atoms with Gasteiger partial charge < -0.3 is 9.73 Å². The van der Waals surface area contributed by atoms with Crippen molar-refractivity contribution in [3.05, 3.63) is 47.2 Å². The highest BCUT2D eigenvalue weighted by molar-refractivity contribution is 6.33. The molecule has 0 saturated carbocycles. The van der Waals surface area contributed by atoms with Gasteiger partial charge >= 0.3 is 0 Å². The van der Waals surface area contributed by atoms with E-state index in [4.69, 9.17) is 16.0 Å².